The number of carbonyl (C=O) groups excluding carboxylic acids is 1. The van der Waals surface area contributed by atoms with Crippen molar-refractivity contribution in [3.8, 4) is 0 Å². The van der Waals surface area contributed by atoms with E-state index in [2.05, 4.69) is 4.99 Å². The predicted octanol–water partition coefficient (Wildman–Crippen LogP) is 1.99. The van der Waals surface area contributed by atoms with Crippen LogP contribution in [0.4, 0.5) is 0 Å². The molecule has 0 aliphatic carbocycles. The van der Waals surface area contributed by atoms with Crippen molar-refractivity contribution < 1.29 is 13.2 Å². The molecule has 0 radical (unpaired) electrons. The summed E-state index contributed by atoms with van der Waals surface area (Å²) in [5, 5.41) is 1.86. The number of nitrogens with zero attached hydrogens (tertiary/aromatic N) is 3. The number of sulfonamides is 1. The standard InChI is InChI=1S/C15H19N3O3S3/c1-17-9-10-22-15(17)16-13(19)11-12-5-6-14(23-12)24(20,21)18-7-3-2-4-8-18/h5-6,9-10H,2-4,7-8,11H2,1H3. The smallest absolute Gasteiger partial charge is 0.253 e. The highest BCUT2D eigenvalue weighted by Crippen LogP contribution is 2.27. The number of thiazole rings is 1. The fraction of sp³-hybridized carbons (Fsp3) is 0.467. The van der Waals surface area contributed by atoms with Crippen LogP contribution < -0.4 is 4.80 Å². The fourth-order valence-electron chi connectivity index (χ4n) is 2.55. The van der Waals surface area contributed by atoms with E-state index in [1.165, 1.54) is 11.3 Å². The van der Waals surface area contributed by atoms with Gasteiger partial charge in [-0.25, -0.2) is 8.42 Å². The zero-order chi connectivity index (χ0) is 17.2. The molecule has 1 amide bonds. The molecular formula is C15H19N3O3S3. The van der Waals surface area contributed by atoms with Gasteiger partial charge in [0.05, 0.1) is 6.42 Å². The van der Waals surface area contributed by atoms with Crippen molar-refractivity contribution in [2.45, 2.75) is 29.9 Å². The lowest BCUT2D eigenvalue weighted by molar-refractivity contribution is -0.117. The highest BCUT2D eigenvalue weighted by molar-refractivity contribution is 7.91. The van der Waals surface area contributed by atoms with E-state index in [0.29, 0.717) is 22.1 Å². The zero-order valence-electron chi connectivity index (χ0n) is 13.3. The monoisotopic (exact) mass is 385 g/mol. The summed E-state index contributed by atoms with van der Waals surface area (Å²) in [6.07, 6.45) is 4.86. The van der Waals surface area contributed by atoms with E-state index in [-0.39, 0.29) is 12.3 Å². The molecule has 3 heterocycles. The summed E-state index contributed by atoms with van der Waals surface area (Å²) < 4.78 is 28.9. The number of piperidine rings is 1. The number of aryl methyl sites for hydroxylation is 1. The zero-order valence-corrected chi connectivity index (χ0v) is 15.8. The van der Waals surface area contributed by atoms with Gasteiger partial charge in [-0.2, -0.15) is 9.30 Å². The van der Waals surface area contributed by atoms with Gasteiger partial charge in [0.1, 0.15) is 4.21 Å². The van der Waals surface area contributed by atoms with Crippen LogP contribution in [0, 0.1) is 0 Å². The summed E-state index contributed by atoms with van der Waals surface area (Å²) in [6, 6.07) is 3.31. The van der Waals surface area contributed by atoms with Gasteiger partial charge >= 0.3 is 0 Å². The van der Waals surface area contributed by atoms with Gasteiger partial charge in [-0.15, -0.1) is 22.7 Å². The molecule has 2 aromatic rings. The second-order valence-electron chi connectivity index (χ2n) is 5.66. The highest BCUT2D eigenvalue weighted by atomic mass is 32.2. The molecule has 3 rings (SSSR count). The molecule has 2 aromatic heterocycles. The lowest BCUT2D eigenvalue weighted by atomic mass is 10.2. The summed E-state index contributed by atoms with van der Waals surface area (Å²) in [7, 11) is -1.60. The normalized spacial score (nSPS) is 17.3. The largest absolute Gasteiger partial charge is 0.327 e. The Kier molecular flexibility index (Phi) is 5.33. The van der Waals surface area contributed by atoms with Crippen LogP contribution in [0.15, 0.2) is 32.9 Å². The SMILES string of the molecule is Cn1ccsc1=NC(=O)Cc1ccc(S(=O)(=O)N2CCCCC2)s1. The molecule has 1 saturated heterocycles. The van der Waals surface area contributed by atoms with Gasteiger partial charge in [0.15, 0.2) is 4.80 Å². The Morgan fingerprint density at radius 3 is 2.67 bits per heavy atom. The van der Waals surface area contributed by atoms with Crippen LogP contribution in [0.25, 0.3) is 0 Å². The fourth-order valence-corrected chi connectivity index (χ4v) is 6.32. The average Bonchev–Trinajstić information content (AvgIpc) is 3.18. The number of rotatable bonds is 4. The van der Waals surface area contributed by atoms with Crippen molar-refractivity contribution >= 4 is 38.6 Å². The Bertz CT molecular complexity index is 886. The second-order valence-corrected chi connectivity index (χ2v) is 9.87. The van der Waals surface area contributed by atoms with Crippen LogP contribution in [-0.2, 0) is 28.3 Å². The van der Waals surface area contributed by atoms with E-state index in [0.717, 1.165) is 35.5 Å². The van der Waals surface area contributed by atoms with E-state index >= 15 is 0 Å². The Morgan fingerprint density at radius 2 is 2.00 bits per heavy atom. The minimum Gasteiger partial charge on any atom is -0.327 e. The molecule has 1 fully saturated rings. The van der Waals surface area contributed by atoms with Gasteiger partial charge in [0, 0.05) is 36.6 Å². The van der Waals surface area contributed by atoms with Gasteiger partial charge < -0.3 is 4.57 Å². The third kappa shape index (κ3) is 3.85. The summed E-state index contributed by atoms with van der Waals surface area (Å²) in [4.78, 5) is 17.5. The molecule has 0 spiro atoms. The molecule has 130 valence electrons. The minimum atomic E-state index is -3.43. The Hall–Kier alpha value is -1.29. The molecule has 0 aromatic carbocycles. The van der Waals surface area contributed by atoms with Crippen LogP contribution in [0.1, 0.15) is 24.1 Å². The van der Waals surface area contributed by atoms with Gasteiger partial charge in [0.2, 0.25) is 0 Å². The van der Waals surface area contributed by atoms with Crippen molar-refractivity contribution in [1.29, 1.82) is 0 Å². The third-order valence-electron chi connectivity index (χ3n) is 3.85. The van der Waals surface area contributed by atoms with Crippen molar-refractivity contribution in [3.63, 3.8) is 0 Å². The summed E-state index contributed by atoms with van der Waals surface area (Å²) >= 11 is 2.56. The number of aromatic nitrogens is 1. The van der Waals surface area contributed by atoms with Crippen LogP contribution >= 0.6 is 22.7 Å². The lowest BCUT2D eigenvalue weighted by Crippen LogP contribution is -2.35. The molecule has 6 nitrogen and oxygen atoms in total. The molecule has 0 unspecified atom stereocenters. The maximum Gasteiger partial charge on any atom is 0.253 e. The highest BCUT2D eigenvalue weighted by Gasteiger charge is 2.27. The first-order valence-electron chi connectivity index (χ1n) is 7.73. The Balaban J connectivity index is 1.74. The maximum atomic E-state index is 12.6. The molecule has 24 heavy (non-hydrogen) atoms. The van der Waals surface area contributed by atoms with E-state index in [1.54, 1.807) is 21.0 Å². The number of hydrogen-bond donors (Lipinski definition) is 0. The van der Waals surface area contributed by atoms with E-state index < -0.39 is 10.0 Å². The van der Waals surface area contributed by atoms with Gasteiger partial charge in [-0.3, -0.25) is 4.79 Å². The van der Waals surface area contributed by atoms with Gasteiger partial charge in [-0.05, 0) is 25.0 Å². The molecule has 1 aliphatic heterocycles. The summed E-state index contributed by atoms with van der Waals surface area (Å²) in [6.45, 7) is 1.16. The Morgan fingerprint density at radius 1 is 1.25 bits per heavy atom. The summed E-state index contributed by atoms with van der Waals surface area (Å²) in [5.74, 6) is -0.267. The topological polar surface area (TPSA) is 71.7 Å². The quantitative estimate of drug-likeness (QED) is 0.808. The molecule has 0 bridgehead atoms. The van der Waals surface area contributed by atoms with Crippen molar-refractivity contribution in [3.05, 3.63) is 33.4 Å². The van der Waals surface area contributed by atoms with Crippen molar-refractivity contribution in [2.75, 3.05) is 13.1 Å². The Labute approximate surface area is 149 Å². The number of carbonyl (C=O) groups is 1. The average molecular weight is 386 g/mol. The van der Waals surface area contributed by atoms with Crippen molar-refractivity contribution in [2.24, 2.45) is 12.0 Å². The molecule has 0 N–H and O–H groups in total. The van der Waals surface area contributed by atoms with Crippen LogP contribution in [-0.4, -0.2) is 36.3 Å². The van der Waals surface area contributed by atoms with Gasteiger partial charge in [-0.1, -0.05) is 6.42 Å². The molecule has 0 atom stereocenters. The third-order valence-corrected chi connectivity index (χ3v) is 8.15. The predicted molar refractivity (Wildman–Crippen MR) is 94.5 cm³/mol. The second kappa shape index (κ2) is 7.30. The molecule has 1 aliphatic rings. The molecular weight excluding hydrogens is 366 g/mol. The number of hydrogen-bond acceptors (Lipinski definition) is 5. The first-order valence-corrected chi connectivity index (χ1v) is 10.9. The van der Waals surface area contributed by atoms with E-state index in [1.807, 2.05) is 18.6 Å². The summed E-state index contributed by atoms with van der Waals surface area (Å²) in [5.41, 5.74) is 0. The van der Waals surface area contributed by atoms with E-state index in [4.69, 9.17) is 0 Å². The number of thiophene rings is 1. The van der Waals surface area contributed by atoms with Crippen LogP contribution in [0.5, 0.6) is 0 Å². The first-order chi connectivity index (χ1) is 11.5. The van der Waals surface area contributed by atoms with Crippen LogP contribution in [0.3, 0.4) is 0 Å². The first kappa shape index (κ1) is 17.5. The van der Waals surface area contributed by atoms with Crippen LogP contribution in [0.2, 0.25) is 0 Å². The minimum absolute atomic E-state index is 0.123. The van der Waals surface area contributed by atoms with E-state index in [9.17, 15) is 13.2 Å². The van der Waals surface area contributed by atoms with Crippen molar-refractivity contribution in [1.82, 2.24) is 8.87 Å². The lowest BCUT2D eigenvalue weighted by Gasteiger charge is -2.25. The molecule has 9 heteroatoms. The molecule has 0 saturated carbocycles. The number of amides is 1. The maximum absolute atomic E-state index is 12.6. The van der Waals surface area contributed by atoms with Gasteiger partial charge in [0.25, 0.3) is 15.9 Å².